The van der Waals surface area contributed by atoms with E-state index in [9.17, 15) is 18.0 Å². The highest BCUT2D eigenvalue weighted by molar-refractivity contribution is 5.90. The van der Waals surface area contributed by atoms with Crippen LogP contribution in [0, 0.1) is 0 Å². The minimum absolute atomic E-state index is 0.186. The Kier molecular flexibility index (Phi) is 4.65. The summed E-state index contributed by atoms with van der Waals surface area (Å²) in [6.45, 7) is 2.65. The number of alkyl halides is 3. The molecular formula is C14H17F3N2O. The number of carbonyl (C=O) groups excluding carboxylic acids is 1. The maximum absolute atomic E-state index is 12.5. The lowest BCUT2D eigenvalue weighted by Crippen LogP contribution is -2.25. The second-order valence-electron chi connectivity index (χ2n) is 4.93. The molecule has 1 aliphatic heterocycles. The predicted molar refractivity (Wildman–Crippen MR) is 70.4 cm³/mol. The summed E-state index contributed by atoms with van der Waals surface area (Å²) < 4.78 is 37.6. The first-order chi connectivity index (χ1) is 9.45. The van der Waals surface area contributed by atoms with Crippen LogP contribution in [-0.2, 0) is 11.0 Å². The highest BCUT2D eigenvalue weighted by atomic mass is 19.4. The molecular weight excluding hydrogens is 269 g/mol. The van der Waals surface area contributed by atoms with Crippen LogP contribution in [0.15, 0.2) is 24.3 Å². The number of nitrogens with one attached hydrogen (secondary N) is 1. The van der Waals surface area contributed by atoms with E-state index in [2.05, 4.69) is 10.2 Å². The van der Waals surface area contributed by atoms with Crippen LogP contribution in [0.25, 0.3) is 0 Å². The van der Waals surface area contributed by atoms with Gasteiger partial charge in [0, 0.05) is 18.7 Å². The third kappa shape index (κ3) is 4.23. The van der Waals surface area contributed by atoms with Gasteiger partial charge >= 0.3 is 6.18 Å². The number of rotatable bonds is 4. The Morgan fingerprint density at radius 3 is 2.60 bits per heavy atom. The Hall–Kier alpha value is -1.56. The normalized spacial score (nSPS) is 16.4. The molecule has 0 aromatic heterocycles. The molecule has 0 aliphatic carbocycles. The van der Waals surface area contributed by atoms with Crippen molar-refractivity contribution in [2.45, 2.75) is 25.4 Å². The Morgan fingerprint density at radius 2 is 1.95 bits per heavy atom. The zero-order valence-electron chi connectivity index (χ0n) is 11.0. The van der Waals surface area contributed by atoms with Gasteiger partial charge in [0.1, 0.15) is 0 Å². The van der Waals surface area contributed by atoms with Gasteiger partial charge in [-0.15, -0.1) is 0 Å². The lowest BCUT2D eigenvalue weighted by Gasteiger charge is -2.14. The van der Waals surface area contributed by atoms with Gasteiger partial charge in [0.15, 0.2) is 0 Å². The van der Waals surface area contributed by atoms with Gasteiger partial charge in [-0.2, -0.15) is 13.2 Å². The molecule has 0 saturated carbocycles. The van der Waals surface area contributed by atoms with E-state index >= 15 is 0 Å². The quantitative estimate of drug-likeness (QED) is 0.922. The van der Waals surface area contributed by atoms with Gasteiger partial charge in [0.05, 0.1) is 5.56 Å². The maximum Gasteiger partial charge on any atom is 0.416 e. The van der Waals surface area contributed by atoms with Gasteiger partial charge in [-0.25, -0.2) is 0 Å². The largest absolute Gasteiger partial charge is 0.416 e. The predicted octanol–water partition coefficient (Wildman–Crippen LogP) is 3.13. The number of amides is 1. The second-order valence-corrected chi connectivity index (χ2v) is 4.93. The monoisotopic (exact) mass is 286 g/mol. The summed E-state index contributed by atoms with van der Waals surface area (Å²) in [5, 5.41) is 2.51. The number of anilines is 1. The van der Waals surface area contributed by atoms with Crippen LogP contribution < -0.4 is 5.32 Å². The lowest BCUT2D eigenvalue weighted by atomic mass is 10.2. The van der Waals surface area contributed by atoms with Gasteiger partial charge < -0.3 is 10.2 Å². The van der Waals surface area contributed by atoms with Crippen molar-refractivity contribution in [3.63, 3.8) is 0 Å². The van der Waals surface area contributed by atoms with E-state index in [0.717, 1.165) is 38.1 Å². The summed E-state index contributed by atoms with van der Waals surface area (Å²) in [4.78, 5) is 13.9. The van der Waals surface area contributed by atoms with Gasteiger partial charge in [-0.05, 0) is 44.1 Å². The number of halogens is 3. The van der Waals surface area contributed by atoms with Crippen LogP contribution in [0.3, 0.4) is 0 Å². The van der Waals surface area contributed by atoms with Gasteiger partial charge in [-0.1, -0.05) is 6.07 Å². The average molecular weight is 286 g/mol. The van der Waals surface area contributed by atoms with Crippen molar-refractivity contribution >= 4 is 11.6 Å². The molecule has 110 valence electrons. The molecule has 1 saturated heterocycles. The highest BCUT2D eigenvalue weighted by Gasteiger charge is 2.30. The average Bonchev–Trinajstić information content (AvgIpc) is 2.89. The van der Waals surface area contributed by atoms with Crippen LogP contribution in [0.1, 0.15) is 24.8 Å². The molecule has 1 aromatic carbocycles. The Bertz CT molecular complexity index is 468. The molecule has 6 heteroatoms. The van der Waals surface area contributed by atoms with Crippen molar-refractivity contribution in [3.05, 3.63) is 29.8 Å². The summed E-state index contributed by atoms with van der Waals surface area (Å²) in [5.74, 6) is -0.253. The van der Waals surface area contributed by atoms with Crippen LogP contribution in [0.4, 0.5) is 18.9 Å². The molecule has 0 atom stereocenters. The zero-order valence-corrected chi connectivity index (χ0v) is 11.0. The number of hydrogen-bond acceptors (Lipinski definition) is 2. The fourth-order valence-electron chi connectivity index (χ4n) is 2.26. The van der Waals surface area contributed by atoms with Gasteiger partial charge in [0.25, 0.3) is 0 Å². The Balaban J connectivity index is 1.87. The molecule has 1 fully saturated rings. The molecule has 1 heterocycles. The molecule has 0 spiro atoms. The van der Waals surface area contributed by atoms with E-state index < -0.39 is 11.7 Å². The molecule has 0 unspecified atom stereocenters. The fourth-order valence-corrected chi connectivity index (χ4v) is 2.26. The van der Waals surface area contributed by atoms with E-state index in [0.29, 0.717) is 13.0 Å². The summed E-state index contributed by atoms with van der Waals surface area (Å²) in [6.07, 6.45) is -1.79. The first-order valence-corrected chi connectivity index (χ1v) is 6.64. The van der Waals surface area contributed by atoms with E-state index in [1.54, 1.807) is 0 Å². The Morgan fingerprint density at radius 1 is 1.25 bits per heavy atom. The van der Waals surface area contributed by atoms with Crippen molar-refractivity contribution in [3.8, 4) is 0 Å². The van der Waals surface area contributed by atoms with Crippen LogP contribution in [0.5, 0.6) is 0 Å². The Labute approximate surface area is 115 Å². The van der Waals surface area contributed by atoms with Crippen molar-refractivity contribution in [1.82, 2.24) is 4.90 Å². The zero-order chi connectivity index (χ0) is 14.6. The third-order valence-corrected chi connectivity index (χ3v) is 3.33. The first-order valence-electron chi connectivity index (χ1n) is 6.64. The lowest BCUT2D eigenvalue weighted by molar-refractivity contribution is -0.137. The molecule has 1 aliphatic rings. The number of carbonyl (C=O) groups is 1. The van der Waals surface area contributed by atoms with E-state index in [1.165, 1.54) is 12.1 Å². The summed E-state index contributed by atoms with van der Waals surface area (Å²) in [5.41, 5.74) is -0.568. The standard InChI is InChI=1S/C14H17F3N2O/c15-14(16,17)11-4-3-5-12(10-11)18-13(20)6-9-19-7-1-2-8-19/h3-5,10H,1-2,6-9H2,(H,18,20). The van der Waals surface area contributed by atoms with Gasteiger partial charge in [0.2, 0.25) is 5.91 Å². The fraction of sp³-hybridized carbons (Fsp3) is 0.500. The SMILES string of the molecule is O=C(CCN1CCCC1)Nc1cccc(C(F)(F)F)c1. The topological polar surface area (TPSA) is 32.3 Å². The molecule has 2 rings (SSSR count). The molecule has 1 aromatic rings. The van der Waals surface area contributed by atoms with Crippen molar-refractivity contribution in [2.75, 3.05) is 25.0 Å². The van der Waals surface area contributed by atoms with Crippen LogP contribution in [0.2, 0.25) is 0 Å². The molecule has 3 nitrogen and oxygen atoms in total. The minimum atomic E-state index is -4.39. The first kappa shape index (κ1) is 14.8. The van der Waals surface area contributed by atoms with E-state index in [-0.39, 0.29) is 11.6 Å². The molecule has 1 amide bonds. The molecule has 0 radical (unpaired) electrons. The number of hydrogen-bond donors (Lipinski definition) is 1. The number of nitrogens with zero attached hydrogens (tertiary/aromatic N) is 1. The van der Waals surface area contributed by atoms with E-state index in [4.69, 9.17) is 0 Å². The molecule has 1 N–H and O–H groups in total. The molecule has 20 heavy (non-hydrogen) atoms. The van der Waals surface area contributed by atoms with Crippen molar-refractivity contribution in [2.24, 2.45) is 0 Å². The summed E-state index contributed by atoms with van der Waals surface area (Å²) in [7, 11) is 0. The summed E-state index contributed by atoms with van der Waals surface area (Å²) >= 11 is 0. The maximum atomic E-state index is 12.5. The van der Waals surface area contributed by atoms with Crippen LogP contribution >= 0.6 is 0 Å². The molecule has 0 bridgehead atoms. The van der Waals surface area contributed by atoms with Gasteiger partial charge in [-0.3, -0.25) is 4.79 Å². The van der Waals surface area contributed by atoms with Crippen molar-refractivity contribution < 1.29 is 18.0 Å². The number of likely N-dealkylation sites (tertiary alicyclic amines) is 1. The third-order valence-electron chi connectivity index (χ3n) is 3.33. The number of benzene rings is 1. The summed E-state index contributed by atoms with van der Waals surface area (Å²) in [6, 6.07) is 4.69. The highest BCUT2D eigenvalue weighted by Crippen LogP contribution is 2.30. The van der Waals surface area contributed by atoms with Crippen LogP contribution in [-0.4, -0.2) is 30.4 Å². The van der Waals surface area contributed by atoms with Crippen molar-refractivity contribution in [1.29, 1.82) is 0 Å². The van der Waals surface area contributed by atoms with E-state index in [1.807, 2.05) is 0 Å². The smallest absolute Gasteiger partial charge is 0.326 e. The minimum Gasteiger partial charge on any atom is -0.326 e. The second kappa shape index (κ2) is 6.26.